The first-order chi connectivity index (χ1) is 14.2. The molecule has 1 N–H and O–H groups in total. The van der Waals surface area contributed by atoms with Gasteiger partial charge in [-0.1, -0.05) is 31.0 Å². The second kappa shape index (κ2) is 11.7. The highest BCUT2D eigenvalue weighted by molar-refractivity contribution is 7.09. The van der Waals surface area contributed by atoms with Gasteiger partial charge in [0.05, 0.1) is 10.7 Å². The molecular weight excluding hydrogens is 382 g/mol. The summed E-state index contributed by atoms with van der Waals surface area (Å²) in [6, 6.07) is 7.74. The Morgan fingerprint density at radius 1 is 1.24 bits per heavy atom. The van der Waals surface area contributed by atoms with Crippen LogP contribution >= 0.6 is 11.3 Å². The highest BCUT2D eigenvalue weighted by Gasteiger charge is 2.08. The largest absolute Gasteiger partial charge is 0.487 e. The topological polar surface area (TPSA) is 54.5 Å². The van der Waals surface area contributed by atoms with Crippen LogP contribution in [0.15, 0.2) is 35.7 Å². The number of ether oxygens (including phenoxy) is 1. The number of nitrogens with one attached hydrogen (secondary N) is 1. The van der Waals surface area contributed by atoms with Gasteiger partial charge in [-0.25, -0.2) is 4.98 Å². The lowest BCUT2D eigenvalue weighted by Gasteiger charge is -2.19. The Labute approximate surface area is 177 Å². The highest BCUT2D eigenvalue weighted by Crippen LogP contribution is 2.21. The molecule has 0 spiro atoms. The Hall–Kier alpha value is -2.18. The zero-order valence-corrected chi connectivity index (χ0v) is 18.0. The summed E-state index contributed by atoms with van der Waals surface area (Å²) in [7, 11) is 0. The summed E-state index contributed by atoms with van der Waals surface area (Å²) in [5.74, 6) is 0.689. The van der Waals surface area contributed by atoms with Crippen LogP contribution in [0.4, 0.5) is 0 Å². The number of hydrogen-bond donors (Lipinski definition) is 1. The van der Waals surface area contributed by atoms with E-state index in [1.54, 1.807) is 17.4 Å². The van der Waals surface area contributed by atoms with Gasteiger partial charge in [-0.2, -0.15) is 0 Å². The lowest BCUT2D eigenvalue weighted by molar-refractivity contribution is -0.116. The smallest absolute Gasteiger partial charge is 0.244 e. The van der Waals surface area contributed by atoms with Gasteiger partial charge in [-0.15, -0.1) is 11.3 Å². The van der Waals surface area contributed by atoms with Crippen LogP contribution < -0.4 is 10.1 Å². The van der Waals surface area contributed by atoms with Crippen molar-refractivity contribution in [2.24, 2.45) is 0 Å². The number of hydrogen-bond acceptors (Lipinski definition) is 5. The number of thiazole rings is 1. The quantitative estimate of drug-likeness (QED) is 0.488. The highest BCUT2D eigenvalue weighted by atomic mass is 32.1. The van der Waals surface area contributed by atoms with E-state index >= 15 is 0 Å². The number of aryl methyl sites for hydroxylation is 1. The van der Waals surface area contributed by atoms with Crippen LogP contribution in [0.25, 0.3) is 6.08 Å². The zero-order chi connectivity index (χ0) is 20.3. The van der Waals surface area contributed by atoms with Crippen LogP contribution in [-0.4, -0.2) is 42.0 Å². The van der Waals surface area contributed by atoms with Crippen molar-refractivity contribution in [2.75, 3.05) is 26.2 Å². The number of amides is 1. The number of para-hydroxylation sites is 1. The maximum atomic E-state index is 12.2. The van der Waals surface area contributed by atoms with Gasteiger partial charge in [0.15, 0.2) is 0 Å². The Balaban J connectivity index is 1.42. The molecule has 5 nitrogen and oxygen atoms in total. The van der Waals surface area contributed by atoms with Gasteiger partial charge in [0.25, 0.3) is 0 Å². The minimum absolute atomic E-state index is 0.0641. The first kappa shape index (κ1) is 21.5. The maximum Gasteiger partial charge on any atom is 0.244 e. The van der Waals surface area contributed by atoms with Gasteiger partial charge in [0.2, 0.25) is 5.91 Å². The molecule has 6 heteroatoms. The van der Waals surface area contributed by atoms with E-state index in [0.717, 1.165) is 35.0 Å². The predicted molar refractivity (Wildman–Crippen MR) is 119 cm³/mol. The van der Waals surface area contributed by atoms with Gasteiger partial charge >= 0.3 is 0 Å². The molecule has 1 aromatic heterocycles. The molecule has 1 amide bonds. The van der Waals surface area contributed by atoms with Crippen molar-refractivity contribution in [3.8, 4) is 5.75 Å². The van der Waals surface area contributed by atoms with Crippen LogP contribution in [-0.2, 0) is 11.4 Å². The third-order valence-electron chi connectivity index (χ3n) is 5.02. The Morgan fingerprint density at radius 3 is 2.79 bits per heavy atom. The van der Waals surface area contributed by atoms with Gasteiger partial charge in [-0.3, -0.25) is 4.79 Å². The number of aromatic nitrogens is 1. The number of rotatable bonds is 9. The van der Waals surface area contributed by atoms with Gasteiger partial charge < -0.3 is 15.0 Å². The first-order valence-corrected chi connectivity index (χ1v) is 11.4. The molecule has 156 valence electrons. The lowest BCUT2D eigenvalue weighted by Crippen LogP contribution is -2.30. The minimum atomic E-state index is -0.0641. The summed E-state index contributed by atoms with van der Waals surface area (Å²) in [5.41, 5.74) is 1.81. The van der Waals surface area contributed by atoms with Gasteiger partial charge in [0, 0.05) is 23.6 Å². The van der Waals surface area contributed by atoms with Crippen LogP contribution in [0.5, 0.6) is 5.75 Å². The van der Waals surface area contributed by atoms with E-state index in [1.165, 1.54) is 38.8 Å². The Morgan fingerprint density at radius 2 is 2.03 bits per heavy atom. The Bertz CT molecular complexity index is 795. The zero-order valence-electron chi connectivity index (χ0n) is 17.2. The SMILES string of the molecule is Cc1nc(COc2ccccc2/C=C/C(=O)NCCCN2CCCCCC2)cs1. The second-order valence-corrected chi connectivity index (χ2v) is 8.48. The van der Waals surface area contributed by atoms with Crippen molar-refractivity contribution < 1.29 is 9.53 Å². The van der Waals surface area contributed by atoms with E-state index in [-0.39, 0.29) is 5.91 Å². The fourth-order valence-corrected chi connectivity index (χ4v) is 4.07. The van der Waals surface area contributed by atoms with Crippen LogP contribution in [0, 0.1) is 6.92 Å². The predicted octanol–water partition coefficient (Wildman–Crippen LogP) is 4.43. The van der Waals surface area contributed by atoms with Crippen molar-refractivity contribution in [2.45, 2.75) is 45.6 Å². The standard InChI is InChI=1S/C23H31N3O2S/c1-19-25-21(18-29-19)17-28-22-10-5-4-9-20(22)11-12-23(27)24-13-8-16-26-14-6-2-3-7-15-26/h4-5,9-12,18H,2-3,6-8,13-17H2,1H3,(H,24,27)/b12-11+. The second-order valence-electron chi connectivity index (χ2n) is 7.42. The molecule has 29 heavy (non-hydrogen) atoms. The molecule has 2 aromatic rings. The van der Waals surface area contributed by atoms with Crippen LogP contribution in [0.3, 0.4) is 0 Å². The summed E-state index contributed by atoms with van der Waals surface area (Å²) in [6.07, 6.45) is 9.70. The number of carbonyl (C=O) groups is 1. The van der Waals surface area contributed by atoms with E-state index < -0.39 is 0 Å². The Kier molecular flexibility index (Phi) is 8.71. The summed E-state index contributed by atoms with van der Waals surface area (Å²) >= 11 is 1.62. The molecule has 0 atom stereocenters. The third-order valence-corrected chi connectivity index (χ3v) is 5.85. The summed E-state index contributed by atoms with van der Waals surface area (Å²) in [6.45, 7) is 6.59. The molecule has 0 saturated carbocycles. The molecule has 0 aliphatic carbocycles. The number of likely N-dealkylation sites (tertiary alicyclic amines) is 1. The first-order valence-electron chi connectivity index (χ1n) is 10.5. The molecular formula is C23H31N3O2S. The van der Waals surface area contributed by atoms with E-state index in [1.807, 2.05) is 42.6 Å². The van der Waals surface area contributed by atoms with Crippen LogP contribution in [0.2, 0.25) is 0 Å². The average molecular weight is 414 g/mol. The molecule has 1 saturated heterocycles. The molecule has 0 bridgehead atoms. The van der Waals surface area contributed by atoms with E-state index in [2.05, 4.69) is 15.2 Å². The molecule has 1 fully saturated rings. The van der Waals surface area contributed by atoms with E-state index in [4.69, 9.17) is 4.74 Å². The maximum absolute atomic E-state index is 12.2. The molecule has 2 heterocycles. The van der Waals surface area contributed by atoms with Crippen molar-refractivity contribution in [1.82, 2.24) is 15.2 Å². The summed E-state index contributed by atoms with van der Waals surface area (Å²) in [4.78, 5) is 19.1. The molecule has 1 aliphatic rings. The number of benzene rings is 1. The fraction of sp³-hybridized carbons (Fsp3) is 0.478. The van der Waals surface area contributed by atoms with E-state index in [9.17, 15) is 4.79 Å². The number of nitrogens with zero attached hydrogens (tertiary/aromatic N) is 2. The van der Waals surface area contributed by atoms with Crippen molar-refractivity contribution in [1.29, 1.82) is 0 Å². The summed E-state index contributed by atoms with van der Waals surface area (Å²) in [5, 5.41) is 6.02. The van der Waals surface area contributed by atoms with E-state index in [0.29, 0.717) is 13.2 Å². The average Bonchev–Trinajstić information content (AvgIpc) is 2.98. The molecule has 0 unspecified atom stereocenters. The van der Waals surface area contributed by atoms with Crippen molar-refractivity contribution >= 4 is 23.3 Å². The normalized spacial score (nSPS) is 15.3. The third kappa shape index (κ3) is 7.63. The molecule has 1 aliphatic heterocycles. The molecule has 1 aromatic carbocycles. The van der Waals surface area contributed by atoms with Crippen molar-refractivity contribution in [3.05, 3.63) is 52.0 Å². The fourth-order valence-electron chi connectivity index (χ4n) is 3.47. The van der Waals surface area contributed by atoms with Gasteiger partial charge in [0.1, 0.15) is 12.4 Å². The molecule has 0 radical (unpaired) electrons. The number of carbonyl (C=O) groups excluding carboxylic acids is 1. The monoisotopic (exact) mass is 413 g/mol. The minimum Gasteiger partial charge on any atom is -0.487 e. The van der Waals surface area contributed by atoms with Gasteiger partial charge in [-0.05, 0) is 58.0 Å². The lowest BCUT2D eigenvalue weighted by atomic mass is 10.2. The molecule has 3 rings (SSSR count). The summed E-state index contributed by atoms with van der Waals surface area (Å²) < 4.78 is 5.90. The van der Waals surface area contributed by atoms with Crippen LogP contribution in [0.1, 0.15) is 48.4 Å². The van der Waals surface area contributed by atoms with Crippen molar-refractivity contribution in [3.63, 3.8) is 0 Å².